The van der Waals surface area contributed by atoms with Crippen LogP contribution in [0.4, 0.5) is 0 Å². The molecule has 0 aliphatic carbocycles. The minimum atomic E-state index is -0.0739. The minimum absolute atomic E-state index is 0.0739. The minimum Gasteiger partial charge on any atom is -0.346 e. The Labute approximate surface area is 112 Å². The van der Waals surface area contributed by atoms with Gasteiger partial charge >= 0.3 is 0 Å². The third-order valence-electron chi connectivity index (χ3n) is 2.20. The topological polar surface area (TPSA) is 42.0 Å². The lowest BCUT2D eigenvalue weighted by molar-refractivity contribution is 0.0954. The average Bonchev–Trinajstić information content (AvgIpc) is 2.72. The van der Waals surface area contributed by atoms with Crippen LogP contribution < -0.4 is 5.32 Å². The fourth-order valence-electron chi connectivity index (χ4n) is 1.40. The molecule has 0 aliphatic heterocycles. The number of amides is 1. The Kier molecular flexibility index (Phi) is 3.91. The Morgan fingerprint density at radius 3 is 2.94 bits per heavy atom. The van der Waals surface area contributed by atoms with Crippen LogP contribution in [0.2, 0.25) is 0 Å². The molecule has 17 heavy (non-hydrogen) atoms. The first kappa shape index (κ1) is 12.3. The Morgan fingerprint density at radius 2 is 2.29 bits per heavy atom. The highest BCUT2D eigenvalue weighted by Gasteiger charge is 2.10. The van der Waals surface area contributed by atoms with Gasteiger partial charge in [-0.15, -0.1) is 11.3 Å². The number of nitrogens with zero attached hydrogens (tertiary/aromatic N) is 1. The van der Waals surface area contributed by atoms with Gasteiger partial charge in [0, 0.05) is 10.2 Å². The highest BCUT2D eigenvalue weighted by molar-refractivity contribution is 9.10. The van der Waals surface area contributed by atoms with Crippen LogP contribution in [-0.2, 0) is 6.54 Å². The summed E-state index contributed by atoms with van der Waals surface area (Å²) in [5.41, 5.74) is 1.82. The van der Waals surface area contributed by atoms with Crippen LogP contribution in [0.3, 0.4) is 0 Å². The van der Waals surface area contributed by atoms with E-state index < -0.39 is 0 Å². The first-order chi connectivity index (χ1) is 8.16. The van der Waals surface area contributed by atoms with E-state index in [9.17, 15) is 4.79 Å². The normalized spacial score (nSPS) is 10.2. The van der Waals surface area contributed by atoms with Gasteiger partial charge in [-0.25, -0.2) is 0 Å². The molecule has 2 aromatic heterocycles. The van der Waals surface area contributed by atoms with Gasteiger partial charge in [0.1, 0.15) is 4.88 Å². The van der Waals surface area contributed by atoms with Crippen molar-refractivity contribution in [2.45, 2.75) is 13.5 Å². The number of rotatable bonds is 3. The molecule has 0 atom stereocenters. The Hall–Kier alpha value is -1.20. The Balaban J connectivity index is 1.99. The zero-order valence-corrected chi connectivity index (χ0v) is 11.6. The van der Waals surface area contributed by atoms with Crippen molar-refractivity contribution in [2.75, 3.05) is 0 Å². The van der Waals surface area contributed by atoms with E-state index in [1.54, 1.807) is 0 Å². The summed E-state index contributed by atoms with van der Waals surface area (Å²) >= 11 is 4.76. The maximum Gasteiger partial charge on any atom is 0.262 e. The molecular formula is C12H11BrN2OS. The molecule has 2 rings (SSSR count). The first-order valence-electron chi connectivity index (χ1n) is 5.10. The van der Waals surface area contributed by atoms with Crippen LogP contribution in [0.1, 0.15) is 21.1 Å². The molecule has 88 valence electrons. The number of halogens is 1. The van der Waals surface area contributed by atoms with Crippen LogP contribution in [0.15, 0.2) is 34.1 Å². The van der Waals surface area contributed by atoms with Gasteiger partial charge in [0.15, 0.2) is 0 Å². The fraction of sp³-hybridized carbons (Fsp3) is 0.167. The molecule has 0 saturated heterocycles. The second-order valence-corrected chi connectivity index (χ2v) is 5.32. The largest absolute Gasteiger partial charge is 0.346 e. The number of hydrogen-bond acceptors (Lipinski definition) is 3. The van der Waals surface area contributed by atoms with E-state index in [4.69, 9.17) is 0 Å². The van der Waals surface area contributed by atoms with E-state index in [1.807, 2.05) is 36.6 Å². The summed E-state index contributed by atoms with van der Waals surface area (Å²) < 4.78 is 0.831. The third kappa shape index (κ3) is 3.14. The van der Waals surface area contributed by atoms with Crippen molar-refractivity contribution in [3.8, 4) is 0 Å². The van der Waals surface area contributed by atoms with Gasteiger partial charge in [-0.1, -0.05) is 6.07 Å². The standard InChI is InChI=1S/C12H11BrN2OS/c1-8-3-2-4-9(15-8)7-14-12(16)11-10(13)5-6-17-11/h2-6H,7H2,1H3,(H,14,16). The van der Waals surface area contributed by atoms with Crippen LogP contribution >= 0.6 is 27.3 Å². The second kappa shape index (κ2) is 5.42. The summed E-state index contributed by atoms with van der Waals surface area (Å²) in [6.07, 6.45) is 0. The molecule has 1 amide bonds. The number of thiophene rings is 1. The number of aromatic nitrogens is 1. The summed E-state index contributed by atoms with van der Waals surface area (Å²) in [5, 5.41) is 4.73. The van der Waals surface area contributed by atoms with Crippen molar-refractivity contribution in [1.29, 1.82) is 0 Å². The van der Waals surface area contributed by atoms with Crippen molar-refractivity contribution in [1.82, 2.24) is 10.3 Å². The molecule has 3 nitrogen and oxygen atoms in total. The quantitative estimate of drug-likeness (QED) is 0.946. The van der Waals surface area contributed by atoms with Crippen molar-refractivity contribution in [3.63, 3.8) is 0 Å². The van der Waals surface area contributed by atoms with Crippen LogP contribution in [0, 0.1) is 6.92 Å². The molecular weight excluding hydrogens is 300 g/mol. The number of pyridine rings is 1. The predicted octanol–water partition coefficient (Wildman–Crippen LogP) is 3.14. The average molecular weight is 311 g/mol. The summed E-state index contributed by atoms with van der Waals surface area (Å²) in [4.78, 5) is 16.8. The maximum absolute atomic E-state index is 11.8. The van der Waals surface area contributed by atoms with Crippen LogP contribution in [-0.4, -0.2) is 10.9 Å². The van der Waals surface area contributed by atoms with E-state index in [0.29, 0.717) is 11.4 Å². The summed E-state index contributed by atoms with van der Waals surface area (Å²) in [6, 6.07) is 7.63. The van der Waals surface area contributed by atoms with Crippen LogP contribution in [0.25, 0.3) is 0 Å². The van der Waals surface area contributed by atoms with Gasteiger partial charge in [-0.05, 0) is 46.4 Å². The molecule has 0 aromatic carbocycles. The number of carbonyl (C=O) groups is 1. The molecule has 0 aliphatic rings. The van der Waals surface area contributed by atoms with Crippen molar-refractivity contribution in [3.05, 3.63) is 50.4 Å². The van der Waals surface area contributed by atoms with Gasteiger partial charge in [-0.2, -0.15) is 0 Å². The fourth-order valence-corrected chi connectivity index (χ4v) is 2.87. The summed E-state index contributed by atoms with van der Waals surface area (Å²) in [7, 11) is 0. The summed E-state index contributed by atoms with van der Waals surface area (Å²) in [5.74, 6) is -0.0739. The molecule has 2 heterocycles. The van der Waals surface area contributed by atoms with Crippen molar-refractivity contribution in [2.24, 2.45) is 0 Å². The molecule has 5 heteroatoms. The maximum atomic E-state index is 11.8. The Bertz CT molecular complexity index is 539. The number of aryl methyl sites for hydroxylation is 1. The lowest BCUT2D eigenvalue weighted by atomic mass is 10.3. The van der Waals surface area contributed by atoms with Crippen molar-refractivity contribution >= 4 is 33.2 Å². The second-order valence-electron chi connectivity index (χ2n) is 3.55. The molecule has 0 spiro atoms. The SMILES string of the molecule is Cc1cccc(CNC(=O)c2sccc2Br)n1. The first-order valence-corrected chi connectivity index (χ1v) is 6.78. The van der Waals surface area contributed by atoms with E-state index in [-0.39, 0.29) is 5.91 Å². The van der Waals surface area contributed by atoms with E-state index in [0.717, 1.165) is 15.9 Å². The van der Waals surface area contributed by atoms with Crippen molar-refractivity contribution < 1.29 is 4.79 Å². The number of carbonyl (C=O) groups excluding carboxylic acids is 1. The van der Waals surface area contributed by atoms with Crippen LogP contribution in [0.5, 0.6) is 0 Å². The molecule has 0 fully saturated rings. The van der Waals surface area contributed by atoms with Gasteiger partial charge in [0.2, 0.25) is 0 Å². The van der Waals surface area contributed by atoms with E-state index in [1.165, 1.54) is 11.3 Å². The summed E-state index contributed by atoms with van der Waals surface area (Å²) in [6.45, 7) is 2.38. The number of hydrogen-bond donors (Lipinski definition) is 1. The molecule has 1 N–H and O–H groups in total. The molecule has 0 unspecified atom stereocenters. The molecule has 0 bridgehead atoms. The molecule has 0 saturated carbocycles. The zero-order chi connectivity index (χ0) is 12.3. The highest BCUT2D eigenvalue weighted by Crippen LogP contribution is 2.22. The third-order valence-corrected chi connectivity index (χ3v) is 4.04. The lowest BCUT2D eigenvalue weighted by Crippen LogP contribution is -2.22. The van der Waals surface area contributed by atoms with Gasteiger partial charge in [-0.3, -0.25) is 9.78 Å². The number of nitrogens with one attached hydrogen (secondary N) is 1. The smallest absolute Gasteiger partial charge is 0.262 e. The predicted molar refractivity (Wildman–Crippen MR) is 72.2 cm³/mol. The zero-order valence-electron chi connectivity index (χ0n) is 9.24. The van der Waals surface area contributed by atoms with Gasteiger partial charge < -0.3 is 5.32 Å². The monoisotopic (exact) mass is 310 g/mol. The Morgan fingerprint density at radius 1 is 1.47 bits per heavy atom. The van der Waals surface area contributed by atoms with Gasteiger partial charge in [0.25, 0.3) is 5.91 Å². The molecule has 0 radical (unpaired) electrons. The van der Waals surface area contributed by atoms with Gasteiger partial charge in [0.05, 0.1) is 12.2 Å². The van der Waals surface area contributed by atoms with E-state index >= 15 is 0 Å². The highest BCUT2D eigenvalue weighted by atomic mass is 79.9. The molecule has 2 aromatic rings. The van der Waals surface area contributed by atoms with E-state index in [2.05, 4.69) is 26.2 Å². The lowest BCUT2D eigenvalue weighted by Gasteiger charge is -2.04.